The Bertz CT molecular complexity index is 394. The second kappa shape index (κ2) is 7.37. The second-order valence-corrected chi connectivity index (χ2v) is 7.22. The summed E-state index contributed by atoms with van der Waals surface area (Å²) < 4.78 is 0. The van der Waals surface area contributed by atoms with Gasteiger partial charge in [-0.15, -0.1) is 0 Å². The molecule has 112 valence electrons. The SMILES string of the molecule is CSC1CCC(NC(C)c2ccc(N(C)C)cc2)CC1. The lowest BCUT2D eigenvalue weighted by Gasteiger charge is -2.30. The quantitative estimate of drug-likeness (QED) is 0.880. The number of nitrogens with one attached hydrogen (secondary N) is 1. The first kappa shape index (κ1) is 15.7. The van der Waals surface area contributed by atoms with Gasteiger partial charge in [0.1, 0.15) is 0 Å². The fourth-order valence-corrected chi connectivity index (χ4v) is 3.72. The molecule has 1 fully saturated rings. The van der Waals surface area contributed by atoms with E-state index < -0.39 is 0 Å². The molecule has 2 rings (SSSR count). The van der Waals surface area contributed by atoms with Crippen LogP contribution in [-0.2, 0) is 0 Å². The highest BCUT2D eigenvalue weighted by Gasteiger charge is 2.21. The van der Waals surface area contributed by atoms with E-state index in [0.29, 0.717) is 12.1 Å². The van der Waals surface area contributed by atoms with E-state index in [1.54, 1.807) is 0 Å². The molecule has 1 saturated carbocycles. The van der Waals surface area contributed by atoms with Crippen molar-refractivity contribution in [1.29, 1.82) is 0 Å². The van der Waals surface area contributed by atoms with Gasteiger partial charge in [-0.2, -0.15) is 11.8 Å². The number of rotatable bonds is 5. The zero-order valence-corrected chi connectivity index (χ0v) is 14.0. The van der Waals surface area contributed by atoms with E-state index in [9.17, 15) is 0 Å². The molecule has 1 aliphatic rings. The van der Waals surface area contributed by atoms with Gasteiger partial charge < -0.3 is 10.2 Å². The van der Waals surface area contributed by atoms with Crippen molar-refractivity contribution in [3.63, 3.8) is 0 Å². The molecule has 0 aromatic heterocycles. The van der Waals surface area contributed by atoms with Crippen molar-refractivity contribution in [2.45, 2.75) is 49.9 Å². The minimum Gasteiger partial charge on any atom is -0.378 e. The lowest BCUT2D eigenvalue weighted by molar-refractivity contribution is 0.352. The predicted octanol–water partition coefficient (Wildman–Crippen LogP) is 4.08. The molecule has 3 heteroatoms. The maximum Gasteiger partial charge on any atom is 0.0361 e. The van der Waals surface area contributed by atoms with Gasteiger partial charge in [-0.25, -0.2) is 0 Å². The van der Waals surface area contributed by atoms with Crippen LogP contribution >= 0.6 is 11.8 Å². The van der Waals surface area contributed by atoms with Gasteiger partial charge in [0.15, 0.2) is 0 Å². The van der Waals surface area contributed by atoms with Crippen LogP contribution in [0.25, 0.3) is 0 Å². The third-order valence-electron chi connectivity index (χ3n) is 4.40. The van der Waals surface area contributed by atoms with Crippen LogP contribution in [0.5, 0.6) is 0 Å². The molecule has 1 unspecified atom stereocenters. The van der Waals surface area contributed by atoms with Gasteiger partial charge in [0, 0.05) is 37.1 Å². The number of hydrogen-bond donors (Lipinski definition) is 1. The Morgan fingerprint density at radius 1 is 1.10 bits per heavy atom. The fourth-order valence-electron chi connectivity index (χ4n) is 2.98. The summed E-state index contributed by atoms with van der Waals surface area (Å²) in [6.07, 6.45) is 7.63. The van der Waals surface area contributed by atoms with Gasteiger partial charge >= 0.3 is 0 Å². The summed E-state index contributed by atoms with van der Waals surface area (Å²) in [5, 5.41) is 4.70. The third-order valence-corrected chi connectivity index (χ3v) is 5.54. The monoisotopic (exact) mass is 292 g/mol. The molecule has 0 saturated heterocycles. The van der Waals surface area contributed by atoms with Gasteiger partial charge in [-0.1, -0.05) is 12.1 Å². The van der Waals surface area contributed by atoms with Gasteiger partial charge in [0.05, 0.1) is 0 Å². The van der Waals surface area contributed by atoms with Crippen molar-refractivity contribution < 1.29 is 0 Å². The molecule has 0 bridgehead atoms. The Hall–Kier alpha value is -0.670. The first-order valence-electron chi connectivity index (χ1n) is 7.66. The Kier molecular flexibility index (Phi) is 5.79. The smallest absolute Gasteiger partial charge is 0.0361 e. The Labute approximate surface area is 128 Å². The van der Waals surface area contributed by atoms with Crippen molar-refractivity contribution in [2.75, 3.05) is 25.3 Å². The van der Waals surface area contributed by atoms with Crippen LogP contribution < -0.4 is 10.2 Å². The maximum atomic E-state index is 3.81. The second-order valence-electron chi connectivity index (χ2n) is 6.08. The Balaban J connectivity index is 1.87. The number of thioether (sulfide) groups is 1. The Morgan fingerprint density at radius 3 is 2.20 bits per heavy atom. The van der Waals surface area contributed by atoms with Gasteiger partial charge in [-0.3, -0.25) is 0 Å². The van der Waals surface area contributed by atoms with Crippen molar-refractivity contribution in [3.05, 3.63) is 29.8 Å². The molecule has 0 heterocycles. The highest BCUT2D eigenvalue weighted by molar-refractivity contribution is 7.99. The van der Waals surface area contributed by atoms with Gasteiger partial charge in [0.2, 0.25) is 0 Å². The van der Waals surface area contributed by atoms with Crippen LogP contribution in [0.1, 0.15) is 44.2 Å². The molecule has 1 aromatic rings. The topological polar surface area (TPSA) is 15.3 Å². The molecule has 0 aliphatic heterocycles. The number of benzene rings is 1. The normalized spacial score (nSPS) is 24.4. The van der Waals surface area contributed by atoms with Crippen molar-refractivity contribution in [3.8, 4) is 0 Å². The van der Waals surface area contributed by atoms with Crippen molar-refractivity contribution >= 4 is 17.4 Å². The molecular formula is C17H28N2S. The number of anilines is 1. The summed E-state index contributed by atoms with van der Waals surface area (Å²) in [6, 6.07) is 10.1. The molecule has 1 aromatic carbocycles. The summed E-state index contributed by atoms with van der Waals surface area (Å²) in [7, 11) is 4.17. The first-order valence-corrected chi connectivity index (χ1v) is 8.95. The van der Waals surface area contributed by atoms with Crippen LogP contribution in [0.4, 0.5) is 5.69 Å². The molecular weight excluding hydrogens is 264 g/mol. The van der Waals surface area contributed by atoms with E-state index in [1.165, 1.54) is 36.9 Å². The van der Waals surface area contributed by atoms with E-state index >= 15 is 0 Å². The largest absolute Gasteiger partial charge is 0.378 e. The lowest BCUT2D eigenvalue weighted by atomic mass is 9.93. The zero-order chi connectivity index (χ0) is 14.5. The molecule has 1 aliphatic carbocycles. The first-order chi connectivity index (χ1) is 9.60. The standard InChI is InChI=1S/C17H28N2S/c1-13(14-5-9-16(10-6-14)19(2)3)18-15-7-11-17(20-4)12-8-15/h5-6,9-10,13,15,17-18H,7-8,11-12H2,1-4H3. The number of hydrogen-bond acceptors (Lipinski definition) is 3. The van der Waals surface area contributed by atoms with Crippen LogP contribution in [0, 0.1) is 0 Å². The Morgan fingerprint density at radius 2 is 1.70 bits per heavy atom. The van der Waals surface area contributed by atoms with E-state index in [2.05, 4.69) is 61.8 Å². The molecule has 0 amide bonds. The lowest BCUT2D eigenvalue weighted by Crippen LogP contribution is -2.35. The number of nitrogens with zero attached hydrogens (tertiary/aromatic N) is 1. The summed E-state index contributed by atoms with van der Waals surface area (Å²) in [6.45, 7) is 2.28. The van der Waals surface area contributed by atoms with Crippen molar-refractivity contribution in [2.24, 2.45) is 0 Å². The van der Waals surface area contributed by atoms with Crippen LogP contribution in [0.3, 0.4) is 0 Å². The minimum atomic E-state index is 0.446. The van der Waals surface area contributed by atoms with Crippen LogP contribution in [-0.4, -0.2) is 31.6 Å². The third kappa shape index (κ3) is 4.16. The average Bonchev–Trinajstić information content (AvgIpc) is 2.48. The molecule has 2 nitrogen and oxygen atoms in total. The zero-order valence-electron chi connectivity index (χ0n) is 13.2. The highest BCUT2D eigenvalue weighted by atomic mass is 32.2. The highest BCUT2D eigenvalue weighted by Crippen LogP contribution is 2.28. The van der Waals surface area contributed by atoms with E-state index in [1.807, 2.05) is 11.8 Å². The molecule has 1 atom stereocenters. The van der Waals surface area contributed by atoms with E-state index in [4.69, 9.17) is 0 Å². The van der Waals surface area contributed by atoms with Gasteiger partial charge in [-0.05, 0) is 56.6 Å². The molecule has 1 N–H and O–H groups in total. The fraction of sp³-hybridized carbons (Fsp3) is 0.647. The molecule has 0 radical (unpaired) electrons. The summed E-state index contributed by atoms with van der Waals surface area (Å²) >= 11 is 2.03. The van der Waals surface area contributed by atoms with Crippen LogP contribution in [0.15, 0.2) is 24.3 Å². The van der Waals surface area contributed by atoms with E-state index in [0.717, 1.165) is 5.25 Å². The average molecular weight is 292 g/mol. The summed E-state index contributed by atoms with van der Waals surface area (Å²) in [5.74, 6) is 0. The summed E-state index contributed by atoms with van der Waals surface area (Å²) in [5.41, 5.74) is 2.66. The van der Waals surface area contributed by atoms with Gasteiger partial charge in [0.25, 0.3) is 0 Å². The summed E-state index contributed by atoms with van der Waals surface area (Å²) in [4.78, 5) is 2.14. The van der Waals surface area contributed by atoms with Crippen LogP contribution in [0.2, 0.25) is 0 Å². The maximum absolute atomic E-state index is 3.81. The van der Waals surface area contributed by atoms with E-state index in [-0.39, 0.29) is 0 Å². The van der Waals surface area contributed by atoms with Crippen molar-refractivity contribution in [1.82, 2.24) is 5.32 Å². The minimum absolute atomic E-state index is 0.446. The molecule has 20 heavy (non-hydrogen) atoms. The molecule has 0 spiro atoms. The predicted molar refractivity (Wildman–Crippen MR) is 91.9 cm³/mol.